The third kappa shape index (κ3) is 2.91. The quantitative estimate of drug-likeness (QED) is 0.275. The van der Waals surface area contributed by atoms with Crippen LogP contribution in [0.1, 0.15) is 39.8 Å². The number of halogens is 1. The zero-order chi connectivity index (χ0) is 23.7. The van der Waals surface area contributed by atoms with Gasteiger partial charge >= 0.3 is 0 Å². The SMILES string of the molecule is O=C1C2C3c4ccccc4C(c4ccccc43)C2C(=O)N1/N=C/c1ccc(-c2ccc(Cl)cc2)o1. The van der Waals surface area contributed by atoms with Crippen molar-refractivity contribution in [2.45, 2.75) is 11.8 Å². The average molecular weight is 479 g/mol. The summed E-state index contributed by atoms with van der Waals surface area (Å²) in [7, 11) is 0. The second-order valence-corrected chi connectivity index (χ2v) is 9.64. The van der Waals surface area contributed by atoms with Crippen LogP contribution in [0.15, 0.2) is 94.4 Å². The van der Waals surface area contributed by atoms with Crippen LogP contribution >= 0.6 is 11.6 Å². The van der Waals surface area contributed by atoms with Gasteiger partial charge in [-0.15, -0.1) is 0 Å². The maximum atomic E-state index is 13.6. The molecular weight excluding hydrogens is 460 g/mol. The molecule has 6 heteroatoms. The molecular formula is C29H19ClN2O3. The highest BCUT2D eigenvalue weighted by Gasteiger charge is 2.61. The van der Waals surface area contributed by atoms with Crippen LogP contribution in [0.4, 0.5) is 0 Å². The molecule has 1 saturated heterocycles. The van der Waals surface area contributed by atoms with Crippen LogP contribution < -0.4 is 0 Å². The lowest BCUT2D eigenvalue weighted by atomic mass is 9.55. The average Bonchev–Trinajstić information content (AvgIpc) is 3.46. The number of carbonyl (C=O) groups excluding carboxylic acids is 2. The lowest BCUT2D eigenvalue weighted by molar-refractivity contribution is -0.139. The number of hydrogen-bond acceptors (Lipinski definition) is 4. The van der Waals surface area contributed by atoms with Gasteiger partial charge in [-0.3, -0.25) is 9.59 Å². The number of rotatable bonds is 3. The van der Waals surface area contributed by atoms with Crippen LogP contribution in [0.3, 0.4) is 0 Å². The normalized spacial score (nSPS) is 24.1. The lowest BCUT2D eigenvalue weighted by Gasteiger charge is -2.45. The van der Waals surface area contributed by atoms with Gasteiger partial charge in [-0.2, -0.15) is 10.1 Å². The summed E-state index contributed by atoms with van der Waals surface area (Å²) in [5.41, 5.74) is 5.44. The Morgan fingerprint density at radius 2 is 1.23 bits per heavy atom. The monoisotopic (exact) mass is 478 g/mol. The third-order valence-corrected chi connectivity index (χ3v) is 7.73. The highest BCUT2D eigenvalue weighted by atomic mass is 35.5. The molecule has 5 nitrogen and oxygen atoms in total. The summed E-state index contributed by atoms with van der Waals surface area (Å²) in [5, 5.41) is 6.02. The first-order chi connectivity index (χ1) is 17.1. The van der Waals surface area contributed by atoms with Crippen molar-refractivity contribution in [1.29, 1.82) is 0 Å². The highest BCUT2D eigenvalue weighted by molar-refractivity contribution is 6.30. The summed E-state index contributed by atoms with van der Waals surface area (Å²) in [4.78, 5) is 27.2. The number of amides is 2. The fourth-order valence-electron chi connectivity index (χ4n) is 6.08. The van der Waals surface area contributed by atoms with Crippen molar-refractivity contribution in [2.75, 3.05) is 0 Å². The molecule has 0 saturated carbocycles. The molecule has 2 atom stereocenters. The first-order valence-electron chi connectivity index (χ1n) is 11.6. The van der Waals surface area contributed by atoms with Gasteiger partial charge < -0.3 is 4.42 Å². The predicted molar refractivity (Wildman–Crippen MR) is 132 cm³/mol. The van der Waals surface area contributed by atoms with Crippen LogP contribution in [-0.2, 0) is 9.59 Å². The Bertz CT molecular complexity index is 1420. The molecule has 1 aliphatic heterocycles. The van der Waals surface area contributed by atoms with Crippen molar-refractivity contribution < 1.29 is 14.0 Å². The number of furan rings is 1. The van der Waals surface area contributed by atoms with Gasteiger partial charge in [0.1, 0.15) is 11.5 Å². The molecule has 4 aliphatic rings. The van der Waals surface area contributed by atoms with E-state index in [1.807, 2.05) is 42.5 Å². The Morgan fingerprint density at radius 3 is 1.74 bits per heavy atom. The summed E-state index contributed by atoms with van der Waals surface area (Å²) < 4.78 is 5.87. The minimum atomic E-state index is -0.448. The van der Waals surface area contributed by atoms with Gasteiger partial charge in [0, 0.05) is 22.4 Å². The molecule has 2 bridgehead atoms. The van der Waals surface area contributed by atoms with Crippen LogP contribution in [0.25, 0.3) is 11.3 Å². The van der Waals surface area contributed by atoms with E-state index in [2.05, 4.69) is 29.4 Å². The summed E-state index contributed by atoms with van der Waals surface area (Å²) in [6.45, 7) is 0. The first kappa shape index (κ1) is 20.4. The Kier molecular flexibility index (Phi) is 4.39. The Balaban J connectivity index is 1.23. The van der Waals surface area contributed by atoms with Crippen LogP contribution in [0, 0.1) is 11.8 Å². The zero-order valence-electron chi connectivity index (χ0n) is 18.5. The van der Waals surface area contributed by atoms with Gasteiger partial charge in [0.2, 0.25) is 0 Å². The molecule has 2 amide bonds. The molecule has 3 aromatic carbocycles. The maximum absolute atomic E-state index is 13.6. The van der Waals surface area contributed by atoms with Gasteiger partial charge in [0.25, 0.3) is 11.8 Å². The molecule has 8 rings (SSSR count). The second-order valence-electron chi connectivity index (χ2n) is 9.21. The molecule has 0 radical (unpaired) electrons. The van der Waals surface area contributed by atoms with Crippen molar-refractivity contribution in [3.63, 3.8) is 0 Å². The molecule has 1 aromatic heterocycles. The smallest absolute Gasteiger partial charge is 0.254 e. The van der Waals surface area contributed by atoms with Gasteiger partial charge in [0.15, 0.2) is 0 Å². The summed E-state index contributed by atoms with van der Waals surface area (Å²) >= 11 is 5.97. The van der Waals surface area contributed by atoms with Gasteiger partial charge in [0.05, 0.1) is 18.1 Å². The Hall–Kier alpha value is -3.96. The van der Waals surface area contributed by atoms with Gasteiger partial charge in [-0.25, -0.2) is 0 Å². The lowest BCUT2D eigenvalue weighted by Crippen LogP contribution is -2.41. The van der Waals surface area contributed by atoms with Gasteiger partial charge in [-0.1, -0.05) is 60.1 Å². The fraction of sp³-hybridized carbons (Fsp3) is 0.138. The van der Waals surface area contributed by atoms with Crippen LogP contribution in [0.5, 0.6) is 0 Å². The van der Waals surface area contributed by atoms with E-state index >= 15 is 0 Å². The summed E-state index contributed by atoms with van der Waals surface area (Å²) in [6.07, 6.45) is 1.44. The summed E-state index contributed by atoms with van der Waals surface area (Å²) in [5.74, 6) is -0.575. The summed E-state index contributed by atoms with van der Waals surface area (Å²) in [6, 6.07) is 27.3. The van der Waals surface area contributed by atoms with E-state index in [1.165, 1.54) is 6.21 Å². The van der Waals surface area contributed by atoms with Crippen LogP contribution in [0.2, 0.25) is 5.02 Å². The standard InChI is InChI=1S/C29H19ClN2O3/c30-17-11-9-16(10-12-17)23-14-13-18(35-23)15-31-32-28(33)26-24-19-5-1-2-6-20(19)25(27(26)29(32)34)22-8-4-3-7-21(22)24/h1-15,24-27H/b31-15+. The zero-order valence-corrected chi connectivity index (χ0v) is 19.2. The van der Waals surface area contributed by atoms with Crippen molar-refractivity contribution in [1.82, 2.24) is 5.01 Å². The number of imide groups is 1. The number of nitrogens with zero attached hydrogens (tertiary/aromatic N) is 2. The van der Waals surface area contributed by atoms with E-state index in [0.717, 1.165) is 32.8 Å². The number of carbonyl (C=O) groups is 2. The van der Waals surface area contributed by atoms with E-state index < -0.39 is 11.8 Å². The number of hydrazone groups is 1. The van der Waals surface area contributed by atoms with E-state index in [4.69, 9.17) is 16.0 Å². The third-order valence-electron chi connectivity index (χ3n) is 7.48. The second kappa shape index (κ2) is 7.52. The van der Waals surface area contributed by atoms with E-state index in [1.54, 1.807) is 18.2 Å². The number of hydrogen-bond donors (Lipinski definition) is 0. The minimum absolute atomic E-state index is 0.144. The van der Waals surface area contributed by atoms with E-state index in [0.29, 0.717) is 16.5 Å². The van der Waals surface area contributed by atoms with Gasteiger partial charge in [-0.05, 0) is 58.7 Å². The molecule has 3 aliphatic carbocycles. The molecule has 2 heterocycles. The Labute approximate surface area is 206 Å². The minimum Gasteiger partial charge on any atom is -0.455 e. The largest absolute Gasteiger partial charge is 0.455 e. The number of benzene rings is 3. The molecule has 170 valence electrons. The molecule has 0 spiro atoms. The van der Waals surface area contributed by atoms with Crippen LogP contribution in [-0.4, -0.2) is 23.0 Å². The molecule has 2 unspecified atom stereocenters. The topological polar surface area (TPSA) is 62.9 Å². The predicted octanol–water partition coefficient (Wildman–Crippen LogP) is 5.83. The Morgan fingerprint density at radius 1 is 0.714 bits per heavy atom. The highest BCUT2D eigenvalue weighted by Crippen LogP contribution is 2.60. The molecule has 0 N–H and O–H groups in total. The van der Waals surface area contributed by atoms with Crippen molar-refractivity contribution in [3.8, 4) is 11.3 Å². The molecule has 35 heavy (non-hydrogen) atoms. The maximum Gasteiger partial charge on any atom is 0.254 e. The first-order valence-corrected chi connectivity index (χ1v) is 11.9. The molecule has 1 fully saturated rings. The van der Waals surface area contributed by atoms with E-state index in [-0.39, 0.29) is 23.7 Å². The van der Waals surface area contributed by atoms with Crippen molar-refractivity contribution >= 4 is 29.6 Å². The van der Waals surface area contributed by atoms with Crippen molar-refractivity contribution in [3.05, 3.63) is 118 Å². The molecule has 4 aromatic rings. The van der Waals surface area contributed by atoms with E-state index in [9.17, 15) is 9.59 Å². The van der Waals surface area contributed by atoms with Crippen molar-refractivity contribution in [2.24, 2.45) is 16.9 Å². The fourth-order valence-corrected chi connectivity index (χ4v) is 6.21.